The molecule has 0 radical (unpaired) electrons. The number of fused-ring (bicyclic) bond motifs is 1. The minimum absolute atomic E-state index is 0.0623. The summed E-state index contributed by atoms with van der Waals surface area (Å²) in [4.78, 5) is 13.6. The fourth-order valence-electron chi connectivity index (χ4n) is 3.64. The molecule has 6 heteroatoms. The van der Waals surface area contributed by atoms with E-state index < -0.39 is 0 Å². The summed E-state index contributed by atoms with van der Waals surface area (Å²) in [7, 11) is 3.96. The number of hydrogen-bond acceptors (Lipinski definition) is 5. The highest BCUT2D eigenvalue weighted by Crippen LogP contribution is 2.29. The molecule has 1 atom stereocenters. The van der Waals surface area contributed by atoms with Crippen molar-refractivity contribution in [3.8, 4) is 0 Å². The average molecular weight is 383 g/mol. The molecule has 6 nitrogen and oxygen atoms in total. The molecule has 2 N–H and O–H groups in total. The van der Waals surface area contributed by atoms with Gasteiger partial charge in [0.05, 0.1) is 5.69 Å². The van der Waals surface area contributed by atoms with E-state index in [1.807, 2.05) is 12.3 Å². The van der Waals surface area contributed by atoms with Crippen LogP contribution in [0.3, 0.4) is 0 Å². The molecule has 1 saturated heterocycles. The maximum Gasteiger partial charge on any atom is 0.138 e. The second kappa shape index (κ2) is 8.88. The Morgan fingerprint density at radius 2 is 2.00 bits per heavy atom. The molecule has 152 valence electrons. The highest BCUT2D eigenvalue weighted by molar-refractivity contribution is 5.70. The summed E-state index contributed by atoms with van der Waals surface area (Å²) in [6, 6.07) is 6.27. The van der Waals surface area contributed by atoms with Crippen molar-refractivity contribution >= 4 is 17.7 Å². The maximum atomic E-state index is 6.52. The zero-order valence-corrected chi connectivity index (χ0v) is 17.7. The summed E-state index contributed by atoms with van der Waals surface area (Å²) in [6.07, 6.45) is 10.1. The van der Waals surface area contributed by atoms with Crippen LogP contribution >= 0.6 is 0 Å². The lowest BCUT2D eigenvalue weighted by atomic mass is 9.85. The summed E-state index contributed by atoms with van der Waals surface area (Å²) < 4.78 is 2.20. The zero-order valence-electron chi connectivity index (χ0n) is 17.7. The third kappa shape index (κ3) is 5.00. The SMILES string of the molecule is CN=C/C=C\C(C)(C)CC[C@H](N)c1cn2c(N3CCN(C)CC3)cccc2n1. The summed E-state index contributed by atoms with van der Waals surface area (Å²) in [6.45, 7) is 8.71. The van der Waals surface area contributed by atoms with Crippen LogP contribution in [0.4, 0.5) is 5.82 Å². The van der Waals surface area contributed by atoms with Gasteiger partial charge in [0.2, 0.25) is 0 Å². The monoisotopic (exact) mass is 382 g/mol. The van der Waals surface area contributed by atoms with Gasteiger partial charge in [-0.3, -0.25) is 9.39 Å². The molecular weight excluding hydrogens is 348 g/mol. The Balaban J connectivity index is 1.72. The van der Waals surface area contributed by atoms with Crippen LogP contribution in [0, 0.1) is 5.41 Å². The van der Waals surface area contributed by atoms with Gasteiger partial charge in [-0.2, -0.15) is 0 Å². The molecule has 0 spiro atoms. The summed E-state index contributed by atoms with van der Waals surface area (Å²) in [5, 5.41) is 0. The quantitative estimate of drug-likeness (QED) is 0.747. The zero-order chi connectivity index (χ0) is 20.1. The van der Waals surface area contributed by atoms with Crippen molar-refractivity contribution in [2.75, 3.05) is 45.2 Å². The Bertz CT molecular complexity index is 827. The molecule has 28 heavy (non-hydrogen) atoms. The van der Waals surface area contributed by atoms with Crippen molar-refractivity contribution in [3.63, 3.8) is 0 Å². The number of aliphatic imine (C=N–C) groups is 1. The first-order valence-electron chi connectivity index (χ1n) is 10.2. The first kappa shape index (κ1) is 20.6. The van der Waals surface area contributed by atoms with E-state index in [1.54, 1.807) is 7.05 Å². The van der Waals surface area contributed by atoms with Gasteiger partial charge in [-0.15, -0.1) is 0 Å². The van der Waals surface area contributed by atoms with E-state index >= 15 is 0 Å². The molecule has 1 fully saturated rings. The van der Waals surface area contributed by atoms with Crippen molar-refractivity contribution in [1.82, 2.24) is 14.3 Å². The first-order chi connectivity index (χ1) is 13.4. The number of hydrogen-bond donors (Lipinski definition) is 1. The Kier molecular flexibility index (Phi) is 6.52. The lowest BCUT2D eigenvalue weighted by Crippen LogP contribution is -2.45. The molecule has 0 aromatic carbocycles. The highest BCUT2D eigenvalue weighted by atomic mass is 15.3. The number of aromatic nitrogens is 2. The second-order valence-corrected chi connectivity index (χ2v) is 8.47. The Hall–Kier alpha value is -2.18. The molecule has 1 aliphatic rings. The highest BCUT2D eigenvalue weighted by Gasteiger charge is 2.20. The lowest BCUT2D eigenvalue weighted by Gasteiger charge is -2.34. The van der Waals surface area contributed by atoms with Crippen LogP contribution in [0.25, 0.3) is 5.65 Å². The third-order valence-electron chi connectivity index (χ3n) is 5.58. The molecule has 0 aliphatic carbocycles. The number of allylic oxidation sites excluding steroid dienone is 2. The number of pyridine rings is 1. The van der Waals surface area contributed by atoms with E-state index in [0.29, 0.717) is 0 Å². The number of rotatable bonds is 7. The molecule has 0 amide bonds. The third-order valence-corrected chi connectivity index (χ3v) is 5.58. The van der Waals surface area contributed by atoms with E-state index in [9.17, 15) is 0 Å². The fraction of sp³-hybridized carbons (Fsp3) is 0.545. The molecule has 2 aromatic rings. The van der Waals surface area contributed by atoms with E-state index in [-0.39, 0.29) is 11.5 Å². The molecular formula is C22H34N6. The predicted octanol–water partition coefficient (Wildman–Crippen LogP) is 3.15. The van der Waals surface area contributed by atoms with Gasteiger partial charge in [-0.25, -0.2) is 4.98 Å². The number of nitrogens with zero attached hydrogens (tertiary/aromatic N) is 5. The minimum Gasteiger partial charge on any atom is -0.355 e. The molecule has 1 aliphatic heterocycles. The summed E-state index contributed by atoms with van der Waals surface area (Å²) >= 11 is 0. The van der Waals surface area contributed by atoms with Crippen molar-refractivity contribution in [3.05, 3.63) is 42.2 Å². The van der Waals surface area contributed by atoms with Gasteiger partial charge >= 0.3 is 0 Å². The number of nitrogens with two attached hydrogens (primary N) is 1. The molecule has 3 rings (SSSR count). The van der Waals surface area contributed by atoms with Crippen LogP contribution in [-0.4, -0.2) is 60.8 Å². The lowest BCUT2D eigenvalue weighted by molar-refractivity contribution is 0.312. The van der Waals surface area contributed by atoms with Gasteiger partial charge in [0.25, 0.3) is 0 Å². The summed E-state index contributed by atoms with van der Waals surface area (Å²) in [5.41, 5.74) is 8.55. The smallest absolute Gasteiger partial charge is 0.138 e. The summed E-state index contributed by atoms with van der Waals surface area (Å²) in [5.74, 6) is 1.21. The Morgan fingerprint density at radius 1 is 1.25 bits per heavy atom. The van der Waals surface area contributed by atoms with E-state index in [1.165, 1.54) is 5.82 Å². The average Bonchev–Trinajstić information content (AvgIpc) is 3.11. The van der Waals surface area contributed by atoms with Gasteiger partial charge in [-0.05, 0) is 43.5 Å². The predicted molar refractivity (Wildman–Crippen MR) is 118 cm³/mol. The second-order valence-electron chi connectivity index (χ2n) is 8.47. The molecule has 0 saturated carbocycles. The maximum absolute atomic E-state index is 6.52. The molecule has 2 aromatic heterocycles. The van der Waals surface area contributed by atoms with Crippen molar-refractivity contribution in [1.29, 1.82) is 0 Å². The molecule has 0 unspecified atom stereocenters. The van der Waals surface area contributed by atoms with Crippen molar-refractivity contribution in [2.45, 2.75) is 32.7 Å². The topological polar surface area (TPSA) is 62.2 Å². The van der Waals surface area contributed by atoms with Crippen LogP contribution in [0.2, 0.25) is 0 Å². The fourth-order valence-corrected chi connectivity index (χ4v) is 3.64. The molecule has 0 bridgehead atoms. The normalized spacial score (nSPS) is 18.0. The standard InChI is InChI=1S/C22H34N6/c1-22(2,10-6-12-24-3)11-9-18(23)19-17-28-20(25-19)7-5-8-21(28)27-15-13-26(4)14-16-27/h5-8,10,12,17-18H,9,11,13-16,23H2,1-4H3/b10-6-,24-12?/t18-/m0/s1. The van der Waals surface area contributed by atoms with Crippen molar-refractivity contribution in [2.24, 2.45) is 16.1 Å². The number of anilines is 1. The van der Waals surface area contributed by atoms with Crippen molar-refractivity contribution < 1.29 is 0 Å². The number of imidazole rings is 1. The van der Waals surface area contributed by atoms with E-state index in [4.69, 9.17) is 10.7 Å². The number of likely N-dealkylation sites (N-methyl/N-ethyl adjacent to an activating group) is 1. The Labute approximate surface area is 168 Å². The van der Waals surface area contributed by atoms with Gasteiger partial charge in [-0.1, -0.05) is 26.0 Å². The van der Waals surface area contributed by atoms with Crippen LogP contribution < -0.4 is 10.6 Å². The number of piperazine rings is 1. The van der Waals surface area contributed by atoms with Crippen LogP contribution in [0.15, 0.2) is 41.5 Å². The molecule has 3 heterocycles. The van der Waals surface area contributed by atoms with E-state index in [2.05, 4.69) is 70.6 Å². The minimum atomic E-state index is -0.0623. The first-order valence-corrected chi connectivity index (χ1v) is 10.2. The largest absolute Gasteiger partial charge is 0.355 e. The van der Waals surface area contributed by atoms with Gasteiger partial charge in [0.1, 0.15) is 11.5 Å². The van der Waals surface area contributed by atoms with Crippen LogP contribution in [0.5, 0.6) is 0 Å². The van der Waals surface area contributed by atoms with Gasteiger partial charge in [0.15, 0.2) is 0 Å². The van der Waals surface area contributed by atoms with Gasteiger partial charge in [0, 0.05) is 51.7 Å². The Morgan fingerprint density at radius 3 is 2.71 bits per heavy atom. The van der Waals surface area contributed by atoms with Gasteiger partial charge < -0.3 is 15.5 Å². The van der Waals surface area contributed by atoms with Crippen LogP contribution in [0.1, 0.15) is 38.4 Å². The van der Waals surface area contributed by atoms with Crippen LogP contribution in [-0.2, 0) is 0 Å². The van der Waals surface area contributed by atoms with E-state index in [0.717, 1.165) is 50.4 Å².